The van der Waals surface area contributed by atoms with Gasteiger partial charge in [-0.1, -0.05) is 25.8 Å². The molecule has 1 aliphatic carbocycles. The summed E-state index contributed by atoms with van der Waals surface area (Å²) in [6.45, 7) is 7.90. The average Bonchev–Trinajstić information content (AvgIpc) is 3.16. The van der Waals surface area contributed by atoms with E-state index < -0.39 is 12.0 Å². The van der Waals surface area contributed by atoms with E-state index in [1.165, 1.54) is 37.7 Å². The topological polar surface area (TPSA) is 41.9 Å². The van der Waals surface area contributed by atoms with Crippen molar-refractivity contribution in [3.05, 3.63) is 29.3 Å². The maximum absolute atomic E-state index is 11.1. The lowest BCUT2D eigenvalue weighted by Gasteiger charge is -2.39. The molecule has 0 aromatic heterocycles. The summed E-state index contributed by atoms with van der Waals surface area (Å²) < 4.78 is 12.2. The lowest BCUT2D eigenvalue weighted by Crippen LogP contribution is -2.52. The summed E-state index contributed by atoms with van der Waals surface area (Å²) in [4.78, 5) is 2.03. The maximum atomic E-state index is 11.1. The van der Waals surface area contributed by atoms with Crippen LogP contribution in [0.2, 0.25) is 0 Å². The van der Waals surface area contributed by atoms with Crippen molar-refractivity contribution in [2.24, 2.45) is 5.41 Å². The fourth-order valence-corrected chi connectivity index (χ4v) is 5.03. The second-order valence-electron chi connectivity index (χ2n) is 8.96. The fraction of sp³-hybridized carbons (Fsp3) is 0.727. The molecule has 4 rings (SSSR count). The van der Waals surface area contributed by atoms with Crippen molar-refractivity contribution in [3.63, 3.8) is 0 Å². The molecule has 0 bridgehead atoms. The molecule has 4 nitrogen and oxygen atoms in total. The van der Waals surface area contributed by atoms with Gasteiger partial charge < -0.3 is 19.5 Å². The molecule has 1 saturated carbocycles. The molecule has 1 aromatic carbocycles. The van der Waals surface area contributed by atoms with Crippen LogP contribution in [0.15, 0.2) is 18.2 Å². The van der Waals surface area contributed by atoms with Gasteiger partial charge in [-0.05, 0) is 69.1 Å². The second kappa shape index (κ2) is 6.81. The Hall–Kier alpha value is -1.10. The predicted octanol–water partition coefficient (Wildman–Crippen LogP) is 4.34. The molecule has 26 heavy (non-hydrogen) atoms. The Kier molecular flexibility index (Phi) is 4.79. The quantitative estimate of drug-likeness (QED) is 0.868. The van der Waals surface area contributed by atoms with Crippen LogP contribution in [0.4, 0.5) is 5.69 Å². The number of fused-ring (bicyclic) bond motifs is 2. The number of aliphatic hydroxyl groups is 1. The highest BCUT2D eigenvalue weighted by atomic mass is 16.7. The van der Waals surface area contributed by atoms with Crippen molar-refractivity contribution in [1.82, 2.24) is 0 Å². The molecule has 1 aromatic rings. The zero-order valence-corrected chi connectivity index (χ0v) is 16.5. The lowest BCUT2D eigenvalue weighted by atomic mass is 9.82. The molecule has 1 spiro atoms. The number of ether oxygens (including phenoxy) is 2. The smallest absolute Gasteiger partial charge is 0.243 e. The predicted molar refractivity (Wildman–Crippen MR) is 103 cm³/mol. The van der Waals surface area contributed by atoms with Crippen LogP contribution in [0.1, 0.15) is 70.4 Å². The normalized spacial score (nSPS) is 26.7. The van der Waals surface area contributed by atoms with Gasteiger partial charge in [0.25, 0.3) is 0 Å². The molecule has 144 valence electrons. The first-order valence-electron chi connectivity index (χ1n) is 10.3. The zero-order chi connectivity index (χ0) is 18.4. The third-order valence-corrected chi connectivity index (χ3v) is 6.62. The Balaban J connectivity index is 1.64. The largest absolute Gasteiger partial charge is 0.368 e. The van der Waals surface area contributed by atoms with E-state index in [-0.39, 0.29) is 6.04 Å². The van der Waals surface area contributed by atoms with Crippen molar-refractivity contribution < 1.29 is 14.6 Å². The van der Waals surface area contributed by atoms with Crippen molar-refractivity contribution in [1.29, 1.82) is 0 Å². The number of rotatable bonds is 4. The molecule has 1 N–H and O–H groups in total. The highest BCUT2D eigenvalue weighted by Crippen LogP contribution is 2.49. The Labute approximate surface area is 157 Å². The number of hydrogen-bond acceptors (Lipinski definition) is 4. The second-order valence-corrected chi connectivity index (χ2v) is 8.96. The maximum Gasteiger partial charge on any atom is 0.243 e. The van der Waals surface area contributed by atoms with Gasteiger partial charge >= 0.3 is 0 Å². The van der Waals surface area contributed by atoms with Gasteiger partial charge in [0.15, 0.2) is 6.23 Å². The van der Waals surface area contributed by atoms with Gasteiger partial charge in [0.2, 0.25) is 5.79 Å². The lowest BCUT2D eigenvalue weighted by molar-refractivity contribution is -0.311. The van der Waals surface area contributed by atoms with E-state index >= 15 is 0 Å². The van der Waals surface area contributed by atoms with Gasteiger partial charge in [0.05, 0.1) is 13.2 Å². The van der Waals surface area contributed by atoms with Gasteiger partial charge in [-0.2, -0.15) is 0 Å². The molecule has 3 aliphatic rings. The van der Waals surface area contributed by atoms with Gasteiger partial charge in [0, 0.05) is 17.3 Å². The molecule has 0 radical (unpaired) electrons. The third-order valence-electron chi connectivity index (χ3n) is 6.62. The molecule has 0 amide bonds. The molecule has 1 atom stereocenters. The summed E-state index contributed by atoms with van der Waals surface area (Å²) >= 11 is 0. The molecular weight excluding hydrogens is 326 g/mol. The zero-order valence-electron chi connectivity index (χ0n) is 16.5. The van der Waals surface area contributed by atoms with Crippen molar-refractivity contribution in [3.8, 4) is 0 Å². The van der Waals surface area contributed by atoms with Crippen LogP contribution >= 0.6 is 0 Å². The van der Waals surface area contributed by atoms with Gasteiger partial charge in [-0.3, -0.25) is 0 Å². The number of anilines is 1. The van der Waals surface area contributed by atoms with Crippen molar-refractivity contribution in [2.45, 2.75) is 83.8 Å². The van der Waals surface area contributed by atoms with Crippen LogP contribution in [-0.4, -0.2) is 30.6 Å². The minimum Gasteiger partial charge on any atom is -0.368 e. The minimum absolute atomic E-state index is 0.181. The molecule has 2 aliphatic heterocycles. The Morgan fingerprint density at radius 3 is 2.50 bits per heavy atom. The van der Waals surface area contributed by atoms with Crippen LogP contribution in [0.25, 0.3) is 0 Å². The third kappa shape index (κ3) is 2.96. The van der Waals surface area contributed by atoms with E-state index in [2.05, 4.69) is 39.0 Å². The molecule has 2 fully saturated rings. The monoisotopic (exact) mass is 359 g/mol. The van der Waals surface area contributed by atoms with Crippen LogP contribution in [0.5, 0.6) is 0 Å². The van der Waals surface area contributed by atoms with Gasteiger partial charge in [-0.25, -0.2) is 0 Å². The SMILES string of the molecule is CC(C)N1c2ccc(CCC3(C)CCCC3)cc2C2(OCCCO2)C1O. The first kappa shape index (κ1) is 18.3. The first-order valence-corrected chi connectivity index (χ1v) is 10.3. The number of aryl methyl sites for hydroxylation is 1. The van der Waals surface area contributed by atoms with Gasteiger partial charge in [0.1, 0.15) is 0 Å². The summed E-state index contributed by atoms with van der Waals surface area (Å²) in [7, 11) is 0. The summed E-state index contributed by atoms with van der Waals surface area (Å²) in [6, 6.07) is 6.78. The van der Waals surface area contributed by atoms with E-state index in [4.69, 9.17) is 9.47 Å². The van der Waals surface area contributed by atoms with E-state index in [1.807, 2.05) is 4.90 Å². The number of aliphatic hydroxyl groups excluding tert-OH is 1. The summed E-state index contributed by atoms with van der Waals surface area (Å²) in [5.41, 5.74) is 3.88. The van der Waals surface area contributed by atoms with E-state index in [0.29, 0.717) is 18.6 Å². The molecule has 1 unspecified atom stereocenters. The van der Waals surface area contributed by atoms with E-state index in [0.717, 1.165) is 24.1 Å². The van der Waals surface area contributed by atoms with Crippen LogP contribution in [0.3, 0.4) is 0 Å². The Morgan fingerprint density at radius 2 is 1.85 bits per heavy atom. The molecule has 1 saturated heterocycles. The van der Waals surface area contributed by atoms with Crippen molar-refractivity contribution >= 4 is 5.69 Å². The Morgan fingerprint density at radius 1 is 1.15 bits per heavy atom. The highest BCUT2D eigenvalue weighted by molar-refractivity contribution is 5.63. The van der Waals surface area contributed by atoms with Crippen LogP contribution < -0.4 is 4.90 Å². The van der Waals surface area contributed by atoms with Crippen molar-refractivity contribution in [2.75, 3.05) is 18.1 Å². The van der Waals surface area contributed by atoms with Crippen LogP contribution in [-0.2, 0) is 21.7 Å². The molecule has 4 heteroatoms. The summed E-state index contributed by atoms with van der Waals surface area (Å²) in [6.07, 6.45) is 7.86. The number of hydrogen-bond donors (Lipinski definition) is 1. The first-order chi connectivity index (χ1) is 12.5. The number of nitrogens with zero attached hydrogens (tertiary/aromatic N) is 1. The number of benzene rings is 1. The van der Waals surface area contributed by atoms with E-state index in [1.54, 1.807) is 0 Å². The standard InChI is InChI=1S/C22H33NO3/c1-16(2)23-19-8-7-17(9-12-21(3)10-4-5-11-21)15-18(19)22(20(23)24)25-13-6-14-26-22/h7-8,15-16,20,24H,4-6,9-14H2,1-3H3. The van der Waals surface area contributed by atoms with Gasteiger partial charge in [-0.15, -0.1) is 0 Å². The Bertz CT molecular complexity index is 645. The molecular formula is C22H33NO3. The minimum atomic E-state index is -1.02. The fourth-order valence-electron chi connectivity index (χ4n) is 5.03. The van der Waals surface area contributed by atoms with E-state index in [9.17, 15) is 5.11 Å². The van der Waals surface area contributed by atoms with Crippen LogP contribution in [0, 0.1) is 5.41 Å². The summed E-state index contributed by atoms with van der Waals surface area (Å²) in [5.74, 6) is -1.02. The summed E-state index contributed by atoms with van der Waals surface area (Å²) in [5, 5.41) is 11.1. The average molecular weight is 360 g/mol. The molecule has 2 heterocycles. The highest BCUT2D eigenvalue weighted by Gasteiger charge is 2.55.